The molecule has 0 aromatic heterocycles. The van der Waals surface area contributed by atoms with Gasteiger partial charge in [0.05, 0.1) is 4.90 Å². The normalized spacial score (nSPS) is 20.2. The zero-order valence-corrected chi connectivity index (χ0v) is 12.2. The average Bonchev–Trinajstić information content (AvgIpc) is 2.42. The van der Waals surface area contributed by atoms with Crippen LogP contribution < -0.4 is 15.4 Å². The van der Waals surface area contributed by atoms with Gasteiger partial charge >= 0.3 is 0 Å². The summed E-state index contributed by atoms with van der Waals surface area (Å²) < 4.78 is 26.0. The third kappa shape index (κ3) is 3.46. The van der Waals surface area contributed by atoms with E-state index >= 15 is 0 Å². The van der Waals surface area contributed by atoms with Crippen LogP contribution in [-0.4, -0.2) is 34.6 Å². The lowest BCUT2D eigenvalue weighted by Gasteiger charge is -2.25. The molecule has 0 aliphatic carbocycles. The predicted molar refractivity (Wildman–Crippen MR) is 76.9 cm³/mol. The summed E-state index contributed by atoms with van der Waals surface area (Å²) >= 11 is 0. The van der Waals surface area contributed by atoms with E-state index in [1.165, 1.54) is 7.05 Å². The van der Waals surface area contributed by atoms with E-state index in [9.17, 15) is 8.42 Å². The third-order valence-electron chi connectivity index (χ3n) is 3.44. The first-order valence-electron chi connectivity index (χ1n) is 6.54. The first-order valence-corrected chi connectivity index (χ1v) is 8.03. The van der Waals surface area contributed by atoms with Crippen molar-refractivity contribution in [3.05, 3.63) is 23.8 Å². The Morgan fingerprint density at radius 2 is 2.16 bits per heavy atom. The Morgan fingerprint density at radius 1 is 1.37 bits per heavy atom. The predicted octanol–water partition coefficient (Wildman–Crippen LogP) is 1.07. The molecule has 0 bridgehead atoms. The number of anilines is 1. The summed E-state index contributed by atoms with van der Waals surface area (Å²) in [6, 6.07) is 5.53. The number of benzene rings is 1. The summed E-state index contributed by atoms with van der Waals surface area (Å²) in [6.07, 6.45) is 2.25. The lowest BCUT2D eigenvalue weighted by molar-refractivity contribution is 0.479. The van der Waals surface area contributed by atoms with Crippen LogP contribution in [0.4, 0.5) is 5.69 Å². The van der Waals surface area contributed by atoms with Gasteiger partial charge in [0.25, 0.3) is 0 Å². The van der Waals surface area contributed by atoms with Gasteiger partial charge < -0.3 is 10.6 Å². The SMILES string of the molecule is CNS(=O)(=O)c1ccc(C)c(NC2CCCNC2)c1. The standard InChI is InChI=1S/C13H21N3O2S/c1-10-5-6-12(19(17,18)14-2)8-13(10)16-11-4-3-7-15-9-11/h5-6,8,11,14-16H,3-4,7,9H2,1-2H3. The fraction of sp³-hybridized carbons (Fsp3) is 0.538. The topological polar surface area (TPSA) is 70.2 Å². The van der Waals surface area contributed by atoms with Crippen LogP contribution in [0.2, 0.25) is 0 Å². The number of hydrogen-bond donors (Lipinski definition) is 3. The van der Waals surface area contributed by atoms with Crippen molar-refractivity contribution in [2.24, 2.45) is 0 Å². The number of sulfonamides is 1. The third-order valence-corrected chi connectivity index (χ3v) is 4.86. The lowest BCUT2D eigenvalue weighted by atomic mass is 10.1. The summed E-state index contributed by atoms with van der Waals surface area (Å²) in [5.74, 6) is 0. The van der Waals surface area contributed by atoms with Crippen molar-refractivity contribution < 1.29 is 8.42 Å². The van der Waals surface area contributed by atoms with Gasteiger partial charge in [-0.15, -0.1) is 0 Å². The fourth-order valence-corrected chi connectivity index (χ4v) is 2.99. The molecule has 1 aliphatic rings. The van der Waals surface area contributed by atoms with Crippen molar-refractivity contribution in [3.8, 4) is 0 Å². The van der Waals surface area contributed by atoms with Gasteiger partial charge in [0.2, 0.25) is 10.0 Å². The van der Waals surface area contributed by atoms with Crippen LogP contribution in [0.5, 0.6) is 0 Å². The maximum Gasteiger partial charge on any atom is 0.240 e. The highest BCUT2D eigenvalue weighted by atomic mass is 32.2. The molecule has 0 radical (unpaired) electrons. The second-order valence-corrected chi connectivity index (χ2v) is 6.76. The molecule has 106 valence electrons. The van der Waals surface area contributed by atoms with Gasteiger partial charge in [0, 0.05) is 18.3 Å². The minimum Gasteiger partial charge on any atom is -0.381 e. The molecule has 1 heterocycles. The van der Waals surface area contributed by atoms with Crippen molar-refractivity contribution in [2.75, 3.05) is 25.5 Å². The highest BCUT2D eigenvalue weighted by Crippen LogP contribution is 2.22. The zero-order valence-electron chi connectivity index (χ0n) is 11.4. The molecule has 1 aliphatic heterocycles. The molecule has 1 saturated heterocycles. The van der Waals surface area contributed by atoms with Gasteiger partial charge in [0.1, 0.15) is 0 Å². The summed E-state index contributed by atoms with van der Waals surface area (Å²) in [6.45, 7) is 3.96. The summed E-state index contributed by atoms with van der Waals surface area (Å²) in [4.78, 5) is 0.298. The minimum atomic E-state index is -3.38. The molecule has 2 rings (SSSR count). The van der Waals surface area contributed by atoms with Crippen LogP contribution in [0, 0.1) is 6.92 Å². The molecular weight excluding hydrogens is 262 g/mol. The largest absolute Gasteiger partial charge is 0.381 e. The van der Waals surface area contributed by atoms with Crippen molar-refractivity contribution in [1.82, 2.24) is 10.0 Å². The quantitative estimate of drug-likeness (QED) is 0.773. The van der Waals surface area contributed by atoms with Crippen molar-refractivity contribution in [3.63, 3.8) is 0 Å². The van der Waals surface area contributed by atoms with E-state index in [0.717, 1.165) is 37.2 Å². The molecule has 6 heteroatoms. The fourth-order valence-electron chi connectivity index (χ4n) is 2.24. The van der Waals surface area contributed by atoms with E-state index in [0.29, 0.717) is 10.9 Å². The molecule has 1 aromatic carbocycles. The monoisotopic (exact) mass is 283 g/mol. The molecule has 0 amide bonds. The maximum absolute atomic E-state index is 11.8. The van der Waals surface area contributed by atoms with Gasteiger partial charge in [0.15, 0.2) is 0 Å². The molecule has 0 spiro atoms. The van der Waals surface area contributed by atoms with E-state index in [4.69, 9.17) is 0 Å². The smallest absolute Gasteiger partial charge is 0.240 e. The molecular formula is C13H21N3O2S. The van der Waals surface area contributed by atoms with Gasteiger partial charge in [-0.05, 0) is 51.1 Å². The highest BCUT2D eigenvalue weighted by molar-refractivity contribution is 7.89. The Hall–Kier alpha value is -1.11. The second kappa shape index (κ2) is 5.90. The van der Waals surface area contributed by atoms with Crippen LogP contribution in [0.3, 0.4) is 0 Å². The van der Waals surface area contributed by atoms with Gasteiger partial charge in [-0.2, -0.15) is 0 Å². The zero-order chi connectivity index (χ0) is 13.9. The maximum atomic E-state index is 11.8. The molecule has 1 aromatic rings. The van der Waals surface area contributed by atoms with Gasteiger partial charge in [-0.25, -0.2) is 13.1 Å². The highest BCUT2D eigenvalue weighted by Gasteiger charge is 2.16. The molecule has 1 atom stereocenters. The average molecular weight is 283 g/mol. The number of nitrogens with one attached hydrogen (secondary N) is 3. The number of hydrogen-bond acceptors (Lipinski definition) is 4. The Bertz CT molecular complexity index is 537. The van der Waals surface area contributed by atoms with E-state index in [-0.39, 0.29) is 0 Å². The molecule has 0 saturated carbocycles. The van der Waals surface area contributed by atoms with E-state index in [1.54, 1.807) is 12.1 Å². The Labute approximate surface area is 114 Å². The summed E-state index contributed by atoms with van der Waals surface area (Å²) in [5.41, 5.74) is 1.95. The van der Waals surface area contributed by atoms with E-state index in [2.05, 4.69) is 15.4 Å². The molecule has 1 fully saturated rings. The van der Waals surface area contributed by atoms with Gasteiger partial charge in [-0.1, -0.05) is 6.07 Å². The Morgan fingerprint density at radius 3 is 2.79 bits per heavy atom. The molecule has 3 N–H and O–H groups in total. The molecule has 19 heavy (non-hydrogen) atoms. The van der Waals surface area contributed by atoms with Crippen molar-refractivity contribution in [2.45, 2.75) is 30.7 Å². The van der Waals surface area contributed by atoms with Crippen LogP contribution in [0.25, 0.3) is 0 Å². The number of aryl methyl sites for hydroxylation is 1. The second-order valence-electron chi connectivity index (χ2n) is 4.87. The van der Waals surface area contributed by atoms with E-state index in [1.807, 2.05) is 13.0 Å². The first kappa shape index (κ1) is 14.3. The number of piperidine rings is 1. The summed E-state index contributed by atoms with van der Waals surface area (Å²) in [5, 5.41) is 6.77. The van der Waals surface area contributed by atoms with Crippen LogP contribution >= 0.6 is 0 Å². The minimum absolute atomic E-state index is 0.298. The van der Waals surface area contributed by atoms with Crippen LogP contribution in [0.1, 0.15) is 18.4 Å². The number of rotatable bonds is 4. The van der Waals surface area contributed by atoms with Crippen LogP contribution in [0.15, 0.2) is 23.1 Å². The summed E-state index contributed by atoms with van der Waals surface area (Å²) in [7, 11) is -1.96. The molecule has 5 nitrogen and oxygen atoms in total. The van der Waals surface area contributed by atoms with E-state index < -0.39 is 10.0 Å². The van der Waals surface area contributed by atoms with Crippen molar-refractivity contribution in [1.29, 1.82) is 0 Å². The lowest BCUT2D eigenvalue weighted by Crippen LogP contribution is -2.38. The van der Waals surface area contributed by atoms with Crippen LogP contribution in [-0.2, 0) is 10.0 Å². The van der Waals surface area contributed by atoms with Crippen molar-refractivity contribution >= 4 is 15.7 Å². The molecule has 1 unspecified atom stereocenters. The first-order chi connectivity index (χ1) is 9.03. The van der Waals surface area contributed by atoms with Gasteiger partial charge in [-0.3, -0.25) is 0 Å². The Kier molecular flexibility index (Phi) is 4.44. The Balaban J connectivity index is 2.22.